The van der Waals surface area contributed by atoms with Crippen molar-refractivity contribution in [1.82, 2.24) is 9.80 Å². The molecule has 2 aliphatic rings. The maximum Gasteiger partial charge on any atom is 0.292 e. The Balaban J connectivity index is 1.52. The molecule has 1 aliphatic carbocycles. The van der Waals surface area contributed by atoms with Gasteiger partial charge in [-0.25, -0.2) is 0 Å². The summed E-state index contributed by atoms with van der Waals surface area (Å²) in [5, 5.41) is 11.0. The molecule has 2 N–H and O–H groups in total. The molecule has 1 heterocycles. The van der Waals surface area contributed by atoms with Crippen molar-refractivity contribution in [3.63, 3.8) is 0 Å². The average molecular weight is 374 g/mol. The molecule has 1 aromatic carbocycles. The first-order valence-corrected chi connectivity index (χ1v) is 9.56. The summed E-state index contributed by atoms with van der Waals surface area (Å²) in [6, 6.07) is 4.11. The van der Waals surface area contributed by atoms with Gasteiger partial charge in [0, 0.05) is 44.2 Å². The van der Waals surface area contributed by atoms with Gasteiger partial charge in [0.05, 0.1) is 4.92 Å². The van der Waals surface area contributed by atoms with Gasteiger partial charge in [-0.15, -0.1) is 0 Å². The molecule has 1 saturated heterocycles. The van der Waals surface area contributed by atoms with E-state index in [1.165, 1.54) is 43.9 Å². The summed E-state index contributed by atoms with van der Waals surface area (Å²) in [6.07, 6.45) is 6.59. The Morgan fingerprint density at radius 1 is 1.11 bits per heavy atom. The van der Waals surface area contributed by atoms with E-state index in [1.807, 2.05) is 4.90 Å². The van der Waals surface area contributed by atoms with Gasteiger partial charge in [0.25, 0.3) is 11.6 Å². The zero-order valence-corrected chi connectivity index (χ0v) is 15.4. The largest absolute Gasteiger partial charge is 0.393 e. The number of nitro groups is 1. The minimum atomic E-state index is -0.590. The Morgan fingerprint density at radius 2 is 1.74 bits per heavy atom. The summed E-state index contributed by atoms with van der Waals surface area (Å²) >= 11 is 0. The van der Waals surface area contributed by atoms with Crippen molar-refractivity contribution in [2.24, 2.45) is 5.92 Å². The van der Waals surface area contributed by atoms with Crippen LogP contribution in [0.1, 0.15) is 48.9 Å². The molecular weight excluding hydrogens is 348 g/mol. The van der Waals surface area contributed by atoms with Crippen LogP contribution in [-0.4, -0.2) is 52.7 Å². The second kappa shape index (κ2) is 8.37. The molecule has 8 heteroatoms. The number of carbonyl (C=O) groups is 2. The Labute approximate surface area is 158 Å². The number of nitrogens with zero attached hydrogens (tertiary/aromatic N) is 3. The first-order valence-electron chi connectivity index (χ1n) is 9.56. The van der Waals surface area contributed by atoms with Crippen LogP contribution in [0.15, 0.2) is 18.2 Å². The Bertz CT molecular complexity index is 722. The lowest BCUT2D eigenvalue weighted by molar-refractivity contribution is -0.383. The second-order valence-electron chi connectivity index (χ2n) is 7.39. The molecule has 2 amide bonds. The van der Waals surface area contributed by atoms with E-state index >= 15 is 0 Å². The maximum atomic E-state index is 12.6. The molecule has 0 bridgehead atoms. The van der Waals surface area contributed by atoms with Crippen molar-refractivity contribution >= 4 is 23.2 Å². The number of piperazine rings is 1. The first kappa shape index (κ1) is 19.1. The van der Waals surface area contributed by atoms with E-state index in [1.54, 1.807) is 4.90 Å². The van der Waals surface area contributed by atoms with Crippen LogP contribution in [-0.2, 0) is 4.79 Å². The molecule has 146 valence electrons. The Kier molecular flexibility index (Phi) is 5.93. The van der Waals surface area contributed by atoms with E-state index in [0.29, 0.717) is 38.5 Å². The van der Waals surface area contributed by atoms with Crippen LogP contribution in [0.5, 0.6) is 0 Å². The molecule has 0 radical (unpaired) electrons. The van der Waals surface area contributed by atoms with Crippen LogP contribution in [0.25, 0.3) is 0 Å². The summed E-state index contributed by atoms with van der Waals surface area (Å²) in [6.45, 7) is 1.89. The molecule has 2 fully saturated rings. The normalized spacial score (nSPS) is 17.9. The smallest absolute Gasteiger partial charge is 0.292 e. The summed E-state index contributed by atoms with van der Waals surface area (Å²) < 4.78 is 0. The predicted molar refractivity (Wildman–Crippen MR) is 101 cm³/mol. The number of hydrogen-bond acceptors (Lipinski definition) is 5. The van der Waals surface area contributed by atoms with Gasteiger partial charge >= 0.3 is 0 Å². The van der Waals surface area contributed by atoms with Crippen LogP contribution in [0.3, 0.4) is 0 Å². The van der Waals surface area contributed by atoms with E-state index in [4.69, 9.17) is 5.73 Å². The fourth-order valence-corrected chi connectivity index (χ4v) is 3.96. The highest BCUT2D eigenvalue weighted by atomic mass is 16.6. The lowest BCUT2D eigenvalue weighted by atomic mass is 10.0. The van der Waals surface area contributed by atoms with Crippen LogP contribution >= 0.6 is 0 Å². The standard InChI is InChI=1S/C19H26N4O4/c20-16-7-6-15(13-17(16)23(26)27)19(25)22-11-9-21(10-12-22)18(24)8-5-14-3-1-2-4-14/h6-7,13-14H,1-5,8-12,20H2. The van der Waals surface area contributed by atoms with E-state index in [9.17, 15) is 19.7 Å². The topological polar surface area (TPSA) is 110 Å². The van der Waals surface area contributed by atoms with Gasteiger partial charge < -0.3 is 15.5 Å². The minimum Gasteiger partial charge on any atom is -0.393 e. The monoisotopic (exact) mass is 374 g/mol. The zero-order valence-electron chi connectivity index (χ0n) is 15.4. The number of carbonyl (C=O) groups excluding carboxylic acids is 2. The van der Waals surface area contributed by atoms with Crippen LogP contribution in [0, 0.1) is 16.0 Å². The van der Waals surface area contributed by atoms with E-state index in [-0.39, 0.29) is 28.8 Å². The molecule has 3 rings (SSSR count). The van der Waals surface area contributed by atoms with E-state index in [2.05, 4.69) is 0 Å². The number of nitrogen functional groups attached to an aromatic ring is 1. The molecule has 8 nitrogen and oxygen atoms in total. The summed E-state index contributed by atoms with van der Waals surface area (Å²) in [5.74, 6) is 0.589. The van der Waals surface area contributed by atoms with Crippen LogP contribution < -0.4 is 5.73 Å². The number of nitrogens with two attached hydrogens (primary N) is 1. The number of rotatable bonds is 5. The predicted octanol–water partition coefficient (Wildman–Crippen LogP) is 2.43. The van der Waals surface area contributed by atoms with Gasteiger partial charge in [-0.2, -0.15) is 0 Å². The fourth-order valence-electron chi connectivity index (χ4n) is 3.96. The van der Waals surface area contributed by atoms with Crippen molar-refractivity contribution in [3.8, 4) is 0 Å². The fraction of sp³-hybridized carbons (Fsp3) is 0.579. The molecule has 1 aliphatic heterocycles. The average Bonchev–Trinajstić information content (AvgIpc) is 3.19. The highest BCUT2D eigenvalue weighted by molar-refractivity contribution is 5.95. The van der Waals surface area contributed by atoms with Crippen LogP contribution in [0.2, 0.25) is 0 Å². The maximum absolute atomic E-state index is 12.6. The SMILES string of the molecule is Nc1ccc(C(=O)N2CCN(C(=O)CCC3CCCC3)CC2)cc1[N+](=O)[O-]. The highest BCUT2D eigenvalue weighted by Crippen LogP contribution is 2.29. The van der Waals surface area contributed by atoms with Crippen LogP contribution in [0.4, 0.5) is 11.4 Å². The summed E-state index contributed by atoms with van der Waals surface area (Å²) in [7, 11) is 0. The van der Waals surface area contributed by atoms with Gasteiger partial charge in [0.2, 0.25) is 5.91 Å². The minimum absolute atomic E-state index is 0.0363. The number of anilines is 1. The van der Waals surface area contributed by atoms with Gasteiger partial charge in [-0.3, -0.25) is 19.7 Å². The van der Waals surface area contributed by atoms with Gasteiger partial charge in [0.15, 0.2) is 0 Å². The zero-order chi connectivity index (χ0) is 19.4. The molecule has 1 saturated carbocycles. The summed E-state index contributed by atoms with van der Waals surface area (Å²) in [5.41, 5.74) is 5.60. The van der Waals surface area contributed by atoms with Crippen molar-refractivity contribution in [2.45, 2.75) is 38.5 Å². The van der Waals surface area contributed by atoms with Gasteiger partial charge in [0.1, 0.15) is 5.69 Å². The first-order chi connectivity index (χ1) is 13.0. The number of hydrogen-bond donors (Lipinski definition) is 1. The Hall–Kier alpha value is -2.64. The highest BCUT2D eigenvalue weighted by Gasteiger charge is 2.26. The molecule has 0 atom stereocenters. The molecule has 0 unspecified atom stereocenters. The third-order valence-corrected chi connectivity index (χ3v) is 5.63. The third kappa shape index (κ3) is 4.56. The molecule has 0 spiro atoms. The molecular formula is C19H26N4O4. The van der Waals surface area contributed by atoms with E-state index < -0.39 is 4.92 Å². The number of amides is 2. The lowest BCUT2D eigenvalue weighted by Gasteiger charge is -2.35. The van der Waals surface area contributed by atoms with Gasteiger partial charge in [-0.1, -0.05) is 25.7 Å². The molecule has 1 aromatic rings. The second-order valence-corrected chi connectivity index (χ2v) is 7.39. The third-order valence-electron chi connectivity index (χ3n) is 5.63. The summed E-state index contributed by atoms with van der Waals surface area (Å²) in [4.78, 5) is 38.9. The Morgan fingerprint density at radius 3 is 2.37 bits per heavy atom. The lowest BCUT2D eigenvalue weighted by Crippen LogP contribution is -2.50. The van der Waals surface area contributed by atoms with Gasteiger partial charge in [-0.05, 0) is 24.5 Å². The quantitative estimate of drug-likeness (QED) is 0.483. The van der Waals surface area contributed by atoms with E-state index in [0.717, 1.165) is 6.42 Å². The van der Waals surface area contributed by atoms with Crippen molar-refractivity contribution in [3.05, 3.63) is 33.9 Å². The molecule has 27 heavy (non-hydrogen) atoms. The number of nitro benzene ring substituents is 1. The van der Waals surface area contributed by atoms with Crippen molar-refractivity contribution in [2.75, 3.05) is 31.9 Å². The molecule has 0 aromatic heterocycles. The van der Waals surface area contributed by atoms with Crippen molar-refractivity contribution in [1.29, 1.82) is 0 Å². The number of benzene rings is 1. The van der Waals surface area contributed by atoms with Crippen molar-refractivity contribution < 1.29 is 14.5 Å².